The number of carbonyl (C=O) groups excluding carboxylic acids is 2. The monoisotopic (exact) mass is 369 g/mol. The molecule has 0 aromatic carbocycles. The average molecular weight is 370 g/mol. The predicted octanol–water partition coefficient (Wildman–Crippen LogP) is 2.46. The van der Waals surface area contributed by atoms with Gasteiger partial charge in [-0.05, 0) is 44.4 Å². The minimum absolute atomic E-state index is 0.143. The van der Waals surface area contributed by atoms with Crippen LogP contribution in [-0.4, -0.2) is 52.1 Å². The first-order chi connectivity index (χ1) is 11.6. The van der Waals surface area contributed by atoms with Gasteiger partial charge in [-0.25, -0.2) is 9.59 Å². The lowest BCUT2D eigenvalue weighted by Gasteiger charge is -2.35. The Labute approximate surface area is 156 Å². The smallest absolute Gasteiger partial charge is 0.326 e. The molecule has 1 heterocycles. The summed E-state index contributed by atoms with van der Waals surface area (Å²) >= 11 is 0. The minimum atomic E-state index is -0.992. The van der Waals surface area contributed by atoms with Gasteiger partial charge in [-0.3, -0.25) is 4.79 Å². The third kappa shape index (κ3) is 5.88. The molecule has 3 atom stereocenters. The van der Waals surface area contributed by atoms with E-state index >= 15 is 0 Å². The summed E-state index contributed by atoms with van der Waals surface area (Å²) in [5.41, 5.74) is -0.985. The van der Waals surface area contributed by atoms with Crippen molar-refractivity contribution in [1.82, 2.24) is 15.5 Å². The van der Waals surface area contributed by atoms with Crippen molar-refractivity contribution in [1.29, 1.82) is 0 Å². The summed E-state index contributed by atoms with van der Waals surface area (Å²) in [7, 11) is 0. The van der Waals surface area contributed by atoms with Crippen LogP contribution >= 0.6 is 0 Å². The van der Waals surface area contributed by atoms with Crippen LogP contribution in [0, 0.1) is 17.3 Å². The highest BCUT2D eigenvalue weighted by atomic mass is 16.4. The fraction of sp³-hybridized carbons (Fsp3) is 0.842. The predicted molar refractivity (Wildman–Crippen MR) is 101 cm³/mol. The number of hydrogen-bond donors (Lipinski definition) is 3. The van der Waals surface area contributed by atoms with Crippen LogP contribution in [0.1, 0.15) is 61.8 Å². The molecule has 1 unspecified atom stereocenters. The fourth-order valence-corrected chi connectivity index (χ4v) is 3.15. The Hall–Kier alpha value is -1.79. The van der Waals surface area contributed by atoms with Crippen molar-refractivity contribution < 1.29 is 19.5 Å². The molecule has 3 N–H and O–H groups in total. The van der Waals surface area contributed by atoms with Crippen LogP contribution in [0.5, 0.6) is 0 Å². The molecule has 7 heteroatoms. The molecule has 3 amide bonds. The molecule has 0 radical (unpaired) electrons. The van der Waals surface area contributed by atoms with Crippen LogP contribution in [0.4, 0.5) is 4.79 Å². The number of hydrogen-bond acceptors (Lipinski definition) is 3. The quantitative estimate of drug-likeness (QED) is 0.709. The Kier molecular flexibility index (Phi) is 6.71. The van der Waals surface area contributed by atoms with Crippen LogP contribution in [0.2, 0.25) is 0 Å². The van der Waals surface area contributed by atoms with Gasteiger partial charge in [0, 0.05) is 12.1 Å². The normalized spacial score (nSPS) is 22.3. The van der Waals surface area contributed by atoms with E-state index in [1.54, 1.807) is 0 Å². The molecule has 0 aliphatic carbocycles. The van der Waals surface area contributed by atoms with Crippen molar-refractivity contribution in [2.75, 3.05) is 6.54 Å². The van der Waals surface area contributed by atoms with E-state index in [1.165, 1.54) is 4.90 Å². The van der Waals surface area contributed by atoms with Crippen molar-refractivity contribution >= 4 is 17.9 Å². The van der Waals surface area contributed by atoms with Gasteiger partial charge in [0.25, 0.3) is 0 Å². The van der Waals surface area contributed by atoms with Crippen LogP contribution in [0.3, 0.4) is 0 Å². The standard InChI is InChI=1S/C19H35N3O4/c1-11(2)12-9-13(16(24)25)22(10-12)15(23)14(18(3,4)5)20-17(26)21-19(6,7)8/h11-14H,9-10H2,1-8H3,(H,24,25)(H2,20,21,26)/t12?,13-,14+/m0/s1. The van der Waals surface area contributed by atoms with Crippen LogP contribution in [-0.2, 0) is 9.59 Å². The van der Waals surface area contributed by atoms with Gasteiger partial charge in [0.2, 0.25) is 5.91 Å². The first-order valence-corrected chi connectivity index (χ1v) is 9.25. The van der Waals surface area contributed by atoms with Crippen molar-refractivity contribution in [3.05, 3.63) is 0 Å². The highest BCUT2D eigenvalue weighted by molar-refractivity contribution is 5.91. The van der Waals surface area contributed by atoms with Gasteiger partial charge < -0.3 is 20.6 Å². The Morgan fingerprint density at radius 2 is 1.62 bits per heavy atom. The second-order valence-electron chi connectivity index (χ2n) is 9.73. The molecule has 1 saturated heterocycles. The van der Waals surface area contributed by atoms with Crippen molar-refractivity contribution in [3.63, 3.8) is 0 Å². The maximum atomic E-state index is 13.2. The number of carboxylic acids is 1. The molecule has 0 bridgehead atoms. The molecule has 1 aliphatic rings. The summed E-state index contributed by atoms with van der Waals surface area (Å²) < 4.78 is 0. The van der Waals surface area contributed by atoms with Crippen LogP contribution in [0.15, 0.2) is 0 Å². The van der Waals surface area contributed by atoms with E-state index in [9.17, 15) is 19.5 Å². The largest absolute Gasteiger partial charge is 0.480 e. The molecule has 1 rings (SSSR count). The summed E-state index contributed by atoms with van der Waals surface area (Å²) in [5.74, 6) is -0.894. The third-order valence-electron chi connectivity index (χ3n) is 4.72. The van der Waals surface area contributed by atoms with Gasteiger partial charge in [-0.15, -0.1) is 0 Å². The minimum Gasteiger partial charge on any atom is -0.480 e. The maximum Gasteiger partial charge on any atom is 0.326 e. The number of urea groups is 1. The topological polar surface area (TPSA) is 98.7 Å². The van der Waals surface area contributed by atoms with Gasteiger partial charge in [-0.2, -0.15) is 0 Å². The molecular weight excluding hydrogens is 334 g/mol. The fourth-order valence-electron chi connectivity index (χ4n) is 3.15. The highest BCUT2D eigenvalue weighted by Crippen LogP contribution is 2.32. The van der Waals surface area contributed by atoms with E-state index < -0.39 is 35.0 Å². The molecule has 26 heavy (non-hydrogen) atoms. The van der Waals surface area contributed by atoms with E-state index in [0.717, 1.165) is 0 Å². The molecule has 1 aliphatic heterocycles. The number of rotatable bonds is 4. The van der Waals surface area contributed by atoms with Crippen molar-refractivity contribution in [2.24, 2.45) is 17.3 Å². The number of nitrogens with one attached hydrogen (secondary N) is 2. The molecule has 150 valence electrons. The first-order valence-electron chi connectivity index (χ1n) is 9.25. The van der Waals surface area contributed by atoms with E-state index in [0.29, 0.717) is 18.9 Å². The molecule has 0 aromatic heterocycles. The summed E-state index contributed by atoms with van der Waals surface area (Å²) in [6, 6.07) is -2.08. The van der Waals surface area contributed by atoms with Crippen LogP contribution < -0.4 is 10.6 Å². The first kappa shape index (κ1) is 22.3. The van der Waals surface area contributed by atoms with Crippen LogP contribution in [0.25, 0.3) is 0 Å². The number of nitrogens with zero attached hydrogens (tertiary/aromatic N) is 1. The van der Waals surface area contributed by atoms with E-state index in [1.807, 2.05) is 55.4 Å². The lowest BCUT2D eigenvalue weighted by molar-refractivity contribution is -0.150. The Balaban J connectivity index is 3.04. The maximum absolute atomic E-state index is 13.2. The lowest BCUT2D eigenvalue weighted by Crippen LogP contribution is -2.59. The molecule has 0 spiro atoms. The number of likely N-dealkylation sites (tertiary alicyclic amines) is 1. The van der Waals surface area contributed by atoms with E-state index in [-0.39, 0.29) is 11.8 Å². The number of amides is 3. The number of carboxylic acid groups (broad SMARTS) is 1. The molecule has 0 saturated carbocycles. The SMILES string of the molecule is CC(C)C1C[C@@H](C(=O)O)N(C(=O)[C@@H](NC(=O)NC(C)(C)C)C(C)(C)C)C1. The van der Waals surface area contributed by atoms with Gasteiger partial charge in [0.05, 0.1) is 0 Å². The summed E-state index contributed by atoms with van der Waals surface area (Å²) in [5, 5.41) is 15.1. The second-order valence-corrected chi connectivity index (χ2v) is 9.73. The van der Waals surface area contributed by atoms with E-state index in [4.69, 9.17) is 0 Å². The van der Waals surface area contributed by atoms with E-state index in [2.05, 4.69) is 10.6 Å². The third-order valence-corrected chi connectivity index (χ3v) is 4.72. The Bertz CT molecular complexity index is 546. The molecule has 0 aromatic rings. The zero-order valence-corrected chi connectivity index (χ0v) is 17.3. The van der Waals surface area contributed by atoms with Gasteiger partial charge in [0.1, 0.15) is 12.1 Å². The van der Waals surface area contributed by atoms with Gasteiger partial charge >= 0.3 is 12.0 Å². The lowest BCUT2D eigenvalue weighted by atomic mass is 9.85. The average Bonchev–Trinajstić information content (AvgIpc) is 2.86. The summed E-state index contributed by atoms with van der Waals surface area (Å²) in [6.45, 7) is 15.6. The number of carbonyl (C=O) groups is 3. The van der Waals surface area contributed by atoms with Crippen molar-refractivity contribution in [2.45, 2.75) is 79.4 Å². The molecular formula is C19H35N3O4. The van der Waals surface area contributed by atoms with Gasteiger partial charge in [-0.1, -0.05) is 34.6 Å². The van der Waals surface area contributed by atoms with Crippen molar-refractivity contribution in [3.8, 4) is 0 Å². The summed E-state index contributed by atoms with van der Waals surface area (Å²) in [6.07, 6.45) is 0.448. The molecule has 1 fully saturated rings. The van der Waals surface area contributed by atoms with Gasteiger partial charge in [0.15, 0.2) is 0 Å². The summed E-state index contributed by atoms with van der Waals surface area (Å²) in [4.78, 5) is 38.6. The zero-order valence-electron chi connectivity index (χ0n) is 17.3. The Morgan fingerprint density at radius 1 is 1.08 bits per heavy atom. The highest BCUT2D eigenvalue weighted by Gasteiger charge is 2.45. The second kappa shape index (κ2) is 7.84. The molecule has 7 nitrogen and oxygen atoms in total. The zero-order chi connectivity index (χ0) is 20.4. The number of aliphatic carboxylic acids is 1. The Morgan fingerprint density at radius 3 is 2.00 bits per heavy atom.